The van der Waals surface area contributed by atoms with E-state index in [9.17, 15) is 19.7 Å². The summed E-state index contributed by atoms with van der Waals surface area (Å²) in [5.74, 6) is -2.77. The summed E-state index contributed by atoms with van der Waals surface area (Å²) >= 11 is 0. The van der Waals surface area contributed by atoms with Gasteiger partial charge in [-0.1, -0.05) is 0 Å². The highest BCUT2D eigenvalue weighted by molar-refractivity contribution is 6.18. The number of cyclic esters (lactones) is 2. The Labute approximate surface area is 155 Å². The molecular weight excluding hydrogens is 352 g/mol. The molecular formula is C19H18N2O6. The van der Waals surface area contributed by atoms with Gasteiger partial charge >= 0.3 is 11.9 Å². The molecule has 1 aromatic heterocycles. The molecule has 0 spiro atoms. The summed E-state index contributed by atoms with van der Waals surface area (Å²) in [4.78, 5) is 34.6. The van der Waals surface area contributed by atoms with Crippen LogP contribution >= 0.6 is 0 Å². The lowest BCUT2D eigenvalue weighted by Gasteiger charge is -2.29. The lowest BCUT2D eigenvalue weighted by atomic mass is 10.1. The van der Waals surface area contributed by atoms with E-state index in [0.29, 0.717) is 5.56 Å². The molecule has 0 bridgehead atoms. The lowest BCUT2D eigenvalue weighted by Crippen LogP contribution is -2.41. The number of non-ortho nitro benzene ring substituents is 1. The van der Waals surface area contributed by atoms with Crippen molar-refractivity contribution in [1.29, 1.82) is 0 Å². The van der Waals surface area contributed by atoms with Gasteiger partial charge in [-0.05, 0) is 43.7 Å². The lowest BCUT2D eigenvalue weighted by molar-refractivity contribution is -0.384. The molecule has 3 rings (SSSR count). The molecule has 2 heterocycles. The number of esters is 2. The number of nitrogens with zero attached hydrogens (tertiary/aromatic N) is 2. The minimum atomic E-state index is -1.29. The normalized spacial score (nSPS) is 15.9. The maximum Gasteiger partial charge on any atom is 0.348 e. The van der Waals surface area contributed by atoms with Crippen molar-refractivity contribution in [2.45, 2.75) is 33.5 Å². The minimum Gasteiger partial charge on any atom is -0.419 e. The predicted molar refractivity (Wildman–Crippen MR) is 96.1 cm³/mol. The van der Waals surface area contributed by atoms with E-state index < -0.39 is 22.6 Å². The van der Waals surface area contributed by atoms with E-state index in [1.165, 1.54) is 32.1 Å². The third kappa shape index (κ3) is 3.46. The highest BCUT2D eigenvalue weighted by atomic mass is 16.7. The molecule has 1 saturated heterocycles. The first-order chi connectivity index (χ1) is 12.6. The number of aromatic nitrogens is 1. The molecule has 0 radical (unpaired) electrons. The SMILES string of the molecule is Cc1cc(C=C2C(=O)OC(C)(C)OC2=O)c(C)n1-c1ccc([N+](=O)[O-])cc1. The molecule has 2 aromatic rings. The van der Waals surface area contributed by atoms with Crippen molar-refractivity contribution in [3.63, 3.8) is 0 Å². The van der Waals surface area contributed by atoms with E-state index in [-0.39, 0.29) is 11.3 Å². The van der Waals surface area contributed by atoms with Gasteiger partial charge < -0.3 is 14.0 Å². The van der Waals surface area contributed by atoms with Crippen molar-refractivity contribution >= 4 is 23.7 Å². The number of hydrogen-bond donors (Lipinski definition) is 0. The first kappa shape index (κ1) is 18.4. The largest absolute Gasteiger partial charge is 0.419 e. The van der Waals surface area contributed by atoms with Gasteiger partial charge in [-0.15, -0.1) is 0 Å². The van der Waals surface area contributed by atoms with Crippen LogP contribution in [0.3, 0.4) is 0 Å². The van der Waals surface area contributed by atoms with Gasteiger partial charge in [0.05, 0.1) is 4.92 Å². The average Bonchev–Trinajstić information content (AvgIpc) is 2.84. The molecule has 0 aliphatic carbocycles. The third-order valence-corrected chi connectivity index (χ3v) is 4.21. The number of carbonyl (C=O) groups excluding carboxylic acids is 2. The summed E-state index contributed by atoms with van der Waals surface area (Å²) in [5.41, 5.74) is 2.80. The fourth-order valence-corrected chi connectivity index (χ4v) is 2.99. The van der Waals surface area contributed by atoms with Gasteiger partial charge in [0.2, 0.25) is 0 Å². The van der Waals surface area contributed by atoms with Gasteiger partial charge in [0.25, 0.3) is 11.5 Å². The van der Waals surface area contributed by atoms with E-state index in [1.54, 1.807) is 12.1 Å². The van der Waals surface area contributed by atoms with Gasteiger partial charge in [0, 0.05) is 43.1 Å². The van der Waals surface area contributed by atoms with E-state index in [1.807, 2.05) is 24.5 Å². The van der Waals surface area contributed by atoms with E-state index in [2.05, 4.69) is 0 Å². The molecule has 8 nitrogen and oxygen atoms in total. The quantitative estimate of drug-likeness (QED) is 0.270. The van der Waals surface area contributed by atoms with Crippen molar-refractivity contribution in [1.82, 2.24) is 4.57 Å². The predicted octanol–water partition coefficient (Wildman–Crippen LogP) is 3.22. The molecule has 27 heavy (non-hydrogen) atoms. The molecule has 140 valence electrons. The van der Waals surface area contributed by atoms with Gasteiger partial charge in [0.15, 0.2) is 0 Å². The molecule has 0 amide bonds. The Kier molecular flexibility index (Phi) is 4.35. The van der Waals surface area contributed by atoms with Crippen LogP contribution < -0.4 is 0 Å². The minimum absolute atomic E-state index is 0.00105. The van der Waals surface area contributed by atoms with Crippen molar-refractivity contribution in [3.8, 4) is 5.69 Å². The zero-order valence-corrected chi connectivity index (χ0v) is 15.3. The average molecular weight is 370 g/mol. The number of nitro groups is 1. The monoisotopic (exact) mass is 370 g/mol. The van der Waals surface area contributed by atoms with Crippen molar-refractivity contribution in [2.24, 2.45) is 0 Å². The van der Waals surface area contributed by atoms with Crippen molar-refractivity contribution in [2.75, 3.05) is 0 Å². The molecule has 1 aromatic carbocycles. The molecule has 0 atom stereocenters. The van der Waals surface area contributed by atoms with Crippen molar-refractivity contribution in [3.05, 3.63) is 63.0 Å². The van der Waals surface area contributed by atoms with Gasteiger partial charge in [0.1, 0.15) is 5.57 Å². The maximum atomic E-state index is 12.1. The number of nitro benzene ring substituents is 1. The molecule has 0 N–H and O–H groups in total. The Balaban J connectivity index is 2.00. The van der Waals surface area contributed by atoms with Crippen LogP contribution in [0.1, 0.15) is 30.8 Å². The highest BCUT2D eigenvalue weighted by Crippen LogP contribution is 2.28. The van der Waals surface area contributed by atoms with Crippen LogP contribution in [-0.2, 0) is 19.1 Å². The van der Waals surface area contributed by atoms with E-state index in [0.717, 1.165) is 17.1 Å². The topological polar surface area (TPSA) is 101 Å². The first-order valence-corrected chi connectivity index (χ1v) is 8.21. The zero-order chi connectivity index (χ0) is 19.9. The van der Waals surface area contributed by atoms with Crippen molar-refractivity contribution < 1.29 is 24.0 Å². The highest BCUT2D eigenvalue weighted by Gasteiger charge is 2.39. The van der Waals surface area contributed by atoms with Crippen LogP contribution in [0.15, 0.2) is 35.9 Å². The fraction of sp³-hybridized carbons (Fsp3) is 0.263. The van der Waals surface area contributed by atoms with E-state index in [4.69, 9.17) is 9.47 Å². The number of hydrogen-bond acceptors (Lipinski definition) is 6. The van der Waals surface area contributed by atoms with Crippen LogP contribution in [0.2, 0.25) is 0 Å². The van der Waals surface area contributed by atoms with Crippen LogP contribution in [0.25, 0.3) is 11.8 Å². The summed E-state index contributed by atoms with van der Waals surface area (Å²) in [7, 11) is 0. The first-order valence-electron chi connectivity index (χ1n) is 8.21. The molecule has 1 aliphatic rings. The van der Waals surface area contributed by atoms with Crippen LogP contribution in [-0.4, -0.2) is 27.2 Å². The van der Waals surface area contributed by atoms with Gasteiger partial charge in [-0.25, -0.2) is 9.59 Å². The molecule has 0 unspecified atom stereocenters. The second kappa shape index (κ2) is 6.39. The number of rotatable bonds is 3. The summed E-state index contributed by atoms with van der Waals surface area (Å²) in [5, 5.41) is 10.8. The van der Waals surface area contributed by atoms with E-state index >= 15 is 0 Å². The number of carbonyl (C=O) groups is 2. The molecule has 0 saturated carbocycles. The Morgan fingerprint density at radius 2 is 1.63 bits per heavy atom. The zero-order valence-electron chi connectivity index (χ0n) is 15.3. The number of aryl methyl sites for hydroxylation is 1. The third-order valence-electron chi connectivity index (χ3n) is 4.21. The summed E-state index contributed by atoms with van der Waals surface area (Å²) in [6.45, 7) is 6.65. The second-order valence-electron chi connectivity index (χ2n) is 6.67. The molecule has 1 aliphatic heterocycles. The summed E-state index contributed by atoms with van der Waals surface area (Å²) in [6, 6.07) is 7.93. The summed E-state index contributed by atoms with van der Waals surface area (Å²) < 4.78 is 12.1. The maximum absolute atomic E-state index is 12.1. The van der Waals surface area contributed by atoms with Crippen LogP contribution in [0.5, 0.6) is 0 Å². The van der Waals surface area contributed by atoms with Crippen LogP contribution in [0, 0.1) is 24.0 Å². The standard InChI is InChI=1S/C19H18N2O6/c1-11-9-13(10-16-17(22)26-19(3,4)27-18(16)23)12(2)20(11)14-5-7-15(8-6-14)21(24)25/h5-10H,1-4H3. The fourth-order valence-electron chi connectivity index (χ4n) is 2.99. The van der Waals surface area contributed by atoms with Crippen LogP contribution in [0.4, 0.5) is 5.69 Å². The Morgan fingerprint density at radius 3 is 2.15 bits per heavy atom. The number of ether oxygens (including phenoxy) is 2. The Morgan fingerprint density at radius 1 is 1.07 bits per heavy atom. The second-order valence-corrected chi connectivity index (χ2v) is 6.67. The van der Waals surface area contributed by atoms with Gasteiger partial charge in [-0.2, -0.15) is 0 Å². The smallest absolute Gasteiger partial charge is 0.348 e. The Bertz CT molecular complexity index is 960. The molecule has 8 heteroatoms. The van der Waals surface area contributed by atoms with Gasteiger partial charge in [-0.3, -0.25) is 10.1 Å². The summed E-state index contributed by atoms with van der Waals surface area (Å²) in [6.07, 6.45) is 1.43. The molecule has 1 fully saturated rings. The Hall–Kier alpha value is -3.42. The number of benzene rings is 1.